The quantitative estimate of drug-likeness (QED) is 0.770. The molecule has 0 bridgehead atoms. The van der Waals surface area contributed by atoms with Crippen molar-refractivity contribution in [3.8, 4) is 0 Å². The van der Waals surface area contributed by atoms with Crippen molar-refractivity contribution in [2.75, 3.05) is 26.0 Å². The van der Waals surface area contributed by atoms with Gasteiger partial charge in [-0.05, 0) is 11.8 Å². The van der Waals surface area contributed by atoms with Crippen LogP contribution in [0.3, 0.4) is 0 Å². The highest BCUT2D eigenvalue weighted by atomic mass is 32.2. The van der Waals surface area contributed by atoms with Crippen LogP contribution in [0.5, 0.6) is 0 Å². The molecule has 0 spiro atoms. The lowest BCUT2D eigenvalue weighted by atomic mass is 10.2. The number of likely N-dealkylation sites (tertiary alicyclic amines) is 1. The minimum atomic E-state index is -4.26. The van der Waals surface area contributed by atoms with Crippen LogP contribution in [0.25, 0.3) is 0 Å². The van der Waals surface area contributed by atoms with E-state index in [1.165, 1.54) is 12.0 Å². The number of aliphatic hydroxyl groups excluding tert-OH is 1. The van der Waals surface area contributed by atoms with E-state index in [9.17, 15) is 23.1 Å². The molecule has 0 saturated carbocycles. The average molecular weight is 273 g/mol. The van der Waals surface area contributed by atoms with E-state index in [2.05, 4.69) is 4.74 Å². The van der Waals surface area contributed by atoms with E-state index in [0.717, 1.165) is 0 Å². The summed E-state index contributed by atoms with van der Waals surface area (Å²) in [7, 11) is 1.22. The largest absolute Gasteiger partial charge is 0.468 e. The Morgan fingerprint density at radius 1 is 1.59 bits per heavy atom. The highest BCUT2D eigenvalue weighted by Gasteiger charge is 2.37. The smallest absolute Gasteiger partial charge is 0.441 e. The average Bonchev–Trinajstić information content (AvgIpc) is 2.57. The predicted octanol–water partition coefficient (Wildman–Crippen LogP) is 0.848. The molecule has 8 heteroatoms. The van der Waals surface area contributed by atoms with Crippen molar-refractivity contribution >= 4 is 17.7 Å². The van der Waals surface area contributed by atoms with Gasteiger partial charge in [-0.3, -0.25) is 9.69 Å². The summed E-state index contributed by atoms with van der Waals surface area (Å²) in [5, 5.41) is 9.40. The number of halogens is 3. The van der Waals surface area contributed by atoms with Crippen LogP contribution in [0.1, 0.15) is 6.42 Å². The van der Waals surface area contributed by atoms with Gasteiger partial charge < -0.3 is 9.84 Å². The van der Waals surface area contributed by atoms with Gasteiger partial charge in [-0.2, -0.15) is 13.2 Å². The van der Waals surface area contributed by atoms with Crippen molar-refractivity contribution in [2.45, 2.75) is 24.1 Å². The second-order valence-electron chi connectivity index (χ2n) is 3.72. The normalized spacial score (nSPS) is 26.2. The van der Waals surface area contributed by atoms with Crippen molar-refractivity contribution < 1.29 is 27.8 Å². The number of esters is 1. The van der Waals surface area contributed by atoms with Crippen LogP contribution in [0.15, 0.2) is 0 Å². The first-order valence-corrected chi connectivity index (χ1v) is 6.02. The fourth-order valence-electron chi connectivity index (χ4n) is 1.79. The second kappa shape index (κ2) is 5.92. The molecular formula is C9H14F3NO3S. The number of carbonyl (C=O) groups is 1. The molecule has 1 aliphatic rings. The zero-order valence-electron chi connectivity index (χ0n) is 9.24. The van der Waals surface area contributed by atoms with Gasteiger partial charge in [0.15, 0.2) is 0 Å². The van der Waals surface area contributed by atoms with Crippen molar-refractivity contribution in [1.82, 2.24) is 4.90 Å². The van der Waals surface area contributed by atoms with E-state index >= 15 is 0 Å². The Morgan fingerprint density at radius 3 is 2.76 bits per heavy atom. The van der Waals surface area contributed by atoms with Crippen molar-refractivity contribution in [3.05, 3.63) is 0 Å². The number of methoxy groups -OCH3 is 1. The molecule has 1 heterocycles. The van der Waals surface area contributed by atoms with Crippen LogP contribution in [0.4, 0.5) is 13.2 Å². The molecule has 17 heavy (non-hydrogen) atoms. The van der Waals surface area contributed by atoms with E-state index < -0.39 is 23.6 Å². The highest BCUT2D eigenvalue weighted by Crippen LogP contribution is 2.30. The van der Waals surface area contributed by atoms with Gasteiger partial charge in [-0.1, -0.05) is 0 Å². The molecule has 4 nitrogen and oxygen atoms in total. The lowest BCUT2D eigenvalue weighted by Crippen LogP contribution is -2.38. The second-order valence-corrected chi connectivity index (χ2v) is 4.88. The molecule has 1 aliphatic heterocycles. The molecule has 0 amide bonds. The fraction of sp³-hybridized carbons (Fsp3) is 0.889. The van der Waals surface area contributed by atoms with Gasteiger partial charge in [0.05, 0.1) is 13.2 Å². The van der Waals surface area contributed by atoms with Crippen LogP contribution in [-0.4, -0.2) is 59.6 Å². The Labute approximate surface area is 101 Å². The van der Waals surface area contributed by atoms with Gasteiger partial charge in [0.2, 0.25) is 0 Å². The van der Waals surface area contributed by atoms with E-state index in [1.807, 2.05) is 0 Å². The summed E-state index contributed by atoms with van der Waals surface area (Å²) in [4.78, 5) is 12.8. The van der Waals surface area contributed by atoms with Crippen LogP contribution in [0, 0.1) is 0 Å². The highest BCUT2D eigenvalue weighted by molar-refractivity contribution is 8.00. The molecule has 2 atom stereocenters. The SMILES string of the molecule is COC(=O)C1CC(O)CN1CCSC(F)(F)F. The minimum absolute atomic E-state index is 0.0982. The third-order valence-corrected chi connectivity index (χ3v) is 3.21. The number of alkyl halides is 3. The minimum Gasteiger partial charge on any atom is -0.468 e. The molecular weight excluding hydrogens is 259 g/mol. The molecule has 0 aromatic carbocycles. The Kier molecular flexibility index (Phi) is 5.08. The van der Waals surface area contributed by atoms with Gasteiger partial charge in [0.25, 0.3) is 0 Å². The third kappa shape index (κ3) is 4.72. The first-order valence-electron chi connectivity index (χ1n) is 5.04. The van der Waals surface area contributed by atoms with Crippen LogP contribution in [0.2, 0.25) is 0 Å². The monoisotopic (exact) mass is 273 g/mol. The number of β-amino-alcohol motifs (C(OH)–C–C–N with tert-alkyl or cyclic N) is 1. The molecule has 1 fully saturated rings. The Hall–Kier alpha value is -0.470. The number of ether oxygens (including phenoxy) is 1. The summed E-state index contributed by atoms with van der Waals surface area (Å²) in [5.41, 5.74) is -4.26. The van der Waals surface area contributed by atoms with E-state index in [1.54, 1.807) is 0 Å². The van der Waals surface area contributed by atoms with Gasteiger partial charge in [-0.25, -0.2) is 0 Å². The molecule has 0 aromatic heterocycles. The third-order valence-electron chi connectivity index (χ3n) is 2.50. The fourth-order valence-corrected chi connectivity index (χ4v) is 2.34. The molecule has 0 aliphatic carbocycles. The van der Waals surface area contributed by atoms with Gasteiger partial charge in [-0.15, -0.1) is 0 Å². The van der Waals surface area contributed by atoms with Gasteiger partial charge in [0, 0.05) is 25.3 Å². The van der Waals surface area contributed by atoms with Crippen molar-refractivity contribution in [2.24, 2.45) is 0 Å². The molecule has 0 aromatic rings. The number of rotatable bonds is 4. The first kappa shape index (κ1) is 14.6. The summed E-state index contributed by atoms with van der Waals surface area (Å²) >= 11 is -0.132. The zero-order chi connectivity index (χ0) is 13.1. The summed E-state index contributed by atoms with van der Waals surface area (Å²) in [5.74, 6) is -0.678. The lowest BCUT2D eigenvalue weighted by Gasteiger charge is -2.21. The summed E-state index contributed by atoms with van der Waals surface area (Å²) in [6, 6.07) is -0.635. The molecule has 2 unspecified atom stereocenters. The summed E-state index contributed by atoms with van der Waals surface area (Å²) < 4.78 is 40.3. The molecule has 1 rings (SSSR count). The van der Waals surface area contributed by atoms with Crippen molar-refractivity contribution in [1.29, 1.82) is 0 Å². The Morgan fingerprint density at radius 2 is 2.24 bits per heavy atom. The maximum absolute atomic E-state index is 11.9. The van der Waals surface area contributed by atoms with Gasteiger partial charge in [0.1, 0.15) is 6.04 Å². The summed E-state index contributed by atoms with van der Waals surface area (Å²) in [6.07, 6.45) is -0.474. The molecule has 1 saturated heterocycles. The topological polar surface area (TPSA) is 49.8 Å². The number of carbonyl (C=O) groups excluding carboxylic acids is 1. The van der Waals surface area contributed by atoms with Crippen LogP contribution in [-0.2, 0) is 9.53 Å². The van der Waals surface area contributed by atoms with E-state index in [-0.39, 0.29) is 37.0 Å². The molecule has 1 N–H and O–H groups in total. The number of aliphatic hydroxyl groups is 1. The van der Waals surface area contributed by atoms with Crippen molar-refractivity contribution in [3.63, 3.8) is 0 Å². The Balaban J connectivity index is 2.42. The zero-order valence-corrected chi connectivity index (χ0v) is 10.1. The number of hydrogen-bond donors (Lipinski definition) is 1. The summed E-state index contributed by atoms with van der Waals surface area (Å²) in [6.45, 7) is 0.305. The first-order chi connectivity index (χ1) is 7.83. The maximum atomic E-state index is 11.9. The predicted molar refractivity (Wildman–Crippen MR) is 56.5 cm³/mol. The number of thioether (sulfide) groups is 1. The number of hydrogen-bond acceptors (Lipinski definition) is 5. The molecule has 0 radical (unpaired) electrons. The Bertz CT molecular complexity index is 275. The van der Waals surface area contributed by atoms with Gasteiger partial charge >= 0.3 is 11.5 Å². The lowest BCUT2D eigenvalue weighted by molar-refractivity contribution is -0.145. The van der Waals surface area contributed by atoms with E-state index in [0.29, 0.717) is 0 Å². The van der Waals surface area contributed by atoms with Crippen LogP contribution >= 0.6 is 11.8 Å². The maximum Gasteiger partial charge on any atom is 0.441 e. The molecule has 100 valence electrons. The van der Waals surface area contributed by atoms with Crippen LogP contribution < -0.4 is 0 Å². The standard InChI is InChI=1S/C9H14F3NO3S/c1-16-8(15)7-4-6(14)5-13(7)2-3-17-9(10,11)12/h6-7,14H,2-5H2,1H3. The van der Waals surface area contributed by atoms with E-state index in [4.69, 9.17) is 0 Å². The number of nitrogens with zero attached hydrogens (tertiary/aromatic N) is 1.